The molecule has 8 nitrogen and oxygen atoms in total. The molecule has 2 aromatic rings. The molecule has 2 aromatic heterocycles. The van der Waals surface area contributed by atoms with Crippen molar-refractivity contribution in [3.63, 3.8) is 0 Å². The smallest absolute Gasteiger partial charge is 0.294 e. The molecule has 0 radical (unpaired) electrons. The van der Waals surface area contributed by atoms with Gasteiger partial charge in [0.1, 0.15) is 0 Å². The summed E-state index contributed by atoms with van der Waals surface area (Å²) >= 11 is 0. The minimum absolute atomic E-state index is 0.0800. The number of anilines is 1. The van der Waals surface area contributed by atoms with E-state index >= 15 is 0 Å². The van der Waals surface area contributed by atoms with E-state index < -0.39 is 0 Å². The first kappa shape index (κ1) is 15.5. The number of rotatable bonds is 2. The van der Waals surface area contributed by atoms with E-state index in [-0.39, 0.29) is 17.3 Å². The zero-order valence-electron chi connectivity index (χ0n) is 14.4. The molecule has 3 rings (SSSR count). The molecule has 1 atom stereocenters. The highest BCUT2D eigenvalue weighted by molar-refractivity contribution is 5.91. The van der Waals surface area contributed by atoms with E-state index in [1.165, 1.54) is 11.6 Å². The summed E-state index contributed by atoms with van der Waals surface area (Å²) in [4.78, 5) is 29.4. The Kier molecular flexibility index (Phi) is 3.42. The summed E-state index contributed by atoms with van der Waals surface area (Å²) in [6.07, 6.45) is 0. The van der Waals surface area contributed by atoms with Crippen LogP contribution in [0.25, 0.3) is 11.2 Å². The third-order valence-electron chi connectivity index (χ3n) is 4.31. The summed E-state index contributed by atoms with van der Waals surface area (Å²) in [6.45, 7) is 8.83. The lowest BCUT2D eigenvalue weighted by Crippen LogP contribution is -2.38. The topological polar surface area (TPSA) is 77.4 Å². The number of imidazole rings is 1. The zero-order valence-corrected chi connectivity index (χ0v) is 14.4. The first-order valence-electron chi connectivity index (χ1n) is 7.74. The molecule has 124 valence electrons. The number of nitrogens with zero attached hydrogens (tertiary/aromatic N) is 6. The summed E-state index contributed by atoms with van der Waals surface area (Å²) in [5, 5.41) is 6.44. The van der Waals surface area contributed by atoms with E-state index in [2.05, 4.69) is 23.9 Å². The molecule has 0 aliphatic carbocycles. The van der Waals surface area contributed by atoms with Crippen molar-refractivity contribution in [1.82, 2.24) is 18.7 Å². The molecule has 1 aliphatic heterocycles. The van der Waals surface area contributed by atoms with Crippen LogP contribution in [0.3, 0.4) is 0 Å². The SMILES string of the molecule is CC1=NN(CC(C)C)c2nc3c(c(=O)n(C)c(=O)n3C)n2C1C. The maximum Gasteiger partial charge on any atom is 0.332 e. The molecular formula is C15H22N6O2. The molecule has 0 fully saturated rings. The van der Waals surface area contributed by atoms with Crippen LogP contribution in [0.5, 0.6) is 0 Å². The van der Waals surface area contributed by atoms with Crippen molar-refractivity contribution in [2.24, 2.45) is 25.1 Å². The predicted molar refractivity (Wildman–Crippen MR) is 90.2 cm³/mol. The van der Waals surface area contributed by atoms with Gasteiger partial charge < -0.3 is 0 Å². The van der Waals surface area contributed by atoms with Crippen LogP contribution in [-0.2, 0) is 14.1 Å². The largest absolute Gasteiger partial charge is 0.332 e. The van der Waals surface area contributed by atoms with Crippen LogP contribution in [-0.4, -0.2) is 30.9 Å². The minimum atomic E-state index is -0.376. The molecule has 0 saturated heterocycles. The Morgan fingerprint density at radius 3 is 2.43 bits per heavy atom. The number of aromatic nitrogens is 4. The van der Waals surface area contributed by atoms with E-state index in [9.17, 15) is 9.59 Å². The van der Waals surface area contributed by atoms with Crippen molar-refractivity contribution in [2.45, 2.75) is 33.7 Å². The van der Waals surface area contributed by atoms with Crippen LogP contribution in [0.4, 0.5) is 5.95 Å². The number of hydrazone groups is 1. The van der Waals surface area contributed by atoms with Crippen molar-refractivity contribution in [2.75, 3.05) is 11.6 Å². The Balaban J connectivity index is 2.41. The van der Waals surface area contributed by atoms with Gasteiger partial charge in [-0.05, 0) is 19.8 Å². The molecule has 0 saturated carbocycles. The lowest BCUT2D eigenvalue weighted by molar-refractivity contribution is 0.572. The quantitative estimate of drug-likeness (QED) is 0.822. The van der Waals surface area contributed by atoms with E-state index in [1.807, 2.05) is 23.4 Å². The number of aryl methyl sites for hydroxylation is 1. The highest BCUT2D eigenvalue weighted by atomic mass is 16.2. The fourth-order valence-electron chi connectivity index (χ4n) is 2.93. The zero-order chi connectivity index (χ0) is 17.0. The summed E-state index contributed by atoms with van der Waals surface area (Å²) < 4.78 is 4.43. The van der Waals surface area contributed by atoms with E-state index in [0.29, 0.717) is 29.6 Å². The summed E-state index contributed by atoms with van der Waals surface area (Å²) in [5.41, 5.74) is 1.05. The van der Waals surface area contributed by atoms with Crippen molar-refractivity contribution < 1.29 is 0 Å². The first-order valence-corrected chi connectivity index (χ1v) is 7.74. The molecule has 1 unspecified atom stereocenters. The van der Waals surface area contributed by atoms with E-state index in [0.717, 1.165) is 10.3 Å². The van der Waals surface area contributed by atoms with Gasteiger partial charge in [-0.15, -0.1) is 0 Å². The Morgan fingerprint density at radius 2 is 1.83 bits per heavy atom. The van der Waals surface area contributed by atoms with Crippen molar-refractivity contribution in [1.29, 1.82) is 0 Å². The Hall–Kier alpha value is -2.38. The number of fused-ring (bicyclic) bond motifs is 3. The van der Waals surface area contributed by atoms with E-state index in [4.69, 9.17) is 0 Å². The highest BCUT2D eigenvalue weighted by Crippen LogP contribution is 2.30. The van der Waals surface area contributed by atoms with Gasteiger partial charge in [-0.2, -0.15) is 10.1 Å². The summed E-state index contributed by atoms with van der Waals surface area (Å²) in [7, 11) is 3.12. The van der Waals surface area contributed by atoms with Gasteiger partial charge in [0, 0.05) is 20.6 Å². The Bertz CT molecular complexity index is 930. The second kappa shape index (κ2) is 5.07. The first-order chi connectivity index (χ1) is 10.7. The molecule has 0 N–H and O–H groups in total. The lowest BCUT2D eigenvalue weighted by Gasteiger charge is -2.30. The monoisotopic (exact) mass is 318 g/mol. The van der Waals surface area contributed by atoms with Crippen molar-refractivity contribution in [3.05, 3.63) is 20.8 Å². The van der Waals surface area contributed by atoms with Crippen LogP contribution in [0, 0.1) is 5.92 Å². The van der Waals surface area contributed by atoms with Crippen LogP contribution in [0.15, 0.2) is 14.7 Å². The molecule has 1 aliphatic rings. The molecule has 3 heterocycles. The standard InChI is InChI=1S/C15H22N6O2/c1-8(2)7-20-14-16-12-11(21(14)10(4)9(3)17-20)13(22)19(6)15(23)18(12)5/h8,10H,7H2,1-6H3. The normalized spacial score (nSPS) is 17.8. The molecule has 0 amide bonds. The van der Waals surface area contributed by atoms with Crippen LogP contribution in [0.2, 0.25) is 0 Å². The second-order valence-electron chi connectivity index (χ2n) is 6.55. The van der Waals surface area contributed by atoms with Gasteiger partial charge in [0.2, 0.25) is 5.95 Å². The average molecular weight is 318 g/mol. The lowest BCUT2D eigenvalue weighted by atomic mass is 10.2. The Morgan fingerprint density at radius 1 is 1.17 bits per heavy atom. The summed E-state index contributed by atoms with van der Waals surface area (Å²) in [5.74, 6) is 1.00. The van der Waals surface area contributed by atoms with Gasteiger partial charge in [0.25, 0.3) is 5.56 Å². The van der Waals surface area contributed by atoms with Gasteiger partial charge in [-0.25, -0.2) is 9.80 Å². The molecule has 0 aromatic carbocycles. The van der Waals surface area contributed by atoms with Gasteiger partial charge in [0.15, 0.2) is 11.2 Å². The molecular weight excluding hydrogens is 296 g/mol. The molecule has 8 heteroatoms. The molecule has 0 spiro atoms. The van der Waals surface area contributed by atoms with Crippen LogP contribution in [0.1, 0.15) is 33.7 Å². The predicted octanol–water partition coefficient (Wildman–Crippen LogP) is 0.847. The third kappa shape index (κ3) is 2.12. The fourth-order valence-corrected chi connectivity index (χ4v) is 2.93. The highest BCUT2D eigenvalue weighted by Gasteiger charge is 2.30. The van der Waals surface area contributed by atoms with Gasteiger partial charge in [-0.3, -0.25) is 18.5 Å². The van der Waals surface area contributed by atoms with Gasteiger partial charge in [0.05, 0.1) is 11.8 Å². The maximum absolute atomic E-state index is 12.6. The van der Waals surface area contributed by atoms with Gasteiger partial charge >= 0.3 is 5.69 Å². The number of hydrogen-bond acceptors (Lipinski definition) is 5. The van der Waals surface area contributed by atoms with Gasteiger partial charge in [-0.1, -0.05) is 13.8 Å². The molecule has 23 heavy (non-hydrogen) atoms. The second-order valence-corrected chi connectivity index (χ2v) is 6.55. The van der Waals surface area contributed by atoms with E-state index in [1.54, 1.807) is 7.05 Å². The van der Waals surface area contributed by atoms with Crippen molar-refractivity contribution >= 4 is 22.8 Å². The third-order valence-corrected chi connectivity index (χ3v) is 4.31. The number of hydrogen-bond donors (Lipinski definition) is 0. The average Bonchev–Trinajstić information content (AvgIpc) is 2.88. The maximum atomic E-state index is 12.6. The fraction of sp³-hybridized carbons (Fsp3) is 0.600. The van der Waals surface area contributed by atoms with Crippen molar-refractivity contribution in [3.8, 4) is 0 Å². The molecule has 0 bridgehead atoms. The minimum Gasteiger partial charge on any atom is -0.294 e. The Labute approximate surface area is 133 Å². The van der Waals surface area contributed by atoms with Crippen LogP contribution < -0.4 is 16.3 Å². The van der Waals surface area contributed by atoms with Crippen LogP contribution >= 0.6 is 0 Å². The summed E-state index contributed by atoms with van der Waals surface area (Å²) in [6, 6.07) is -0.0800.